The van der Waals surface area contributed by atoms with Crippen LogP contribution in [0.1, 0.15) is 33.2 Å². The fourth-order valence-electron chi connectivity index (χ4n) is 3.65. The topological polar surface area (TPSA) is 136 Å². The largest absolute Gasteiger partial charge is 0.462 e. The molecule has 0 bridgehead atoms. The first-order valence-corrected chi connectivity index (χ1v) is 9.98. The third-order valence-corrected chi connectivity index (χ3v) is 5.32. The fourth-order valence-corrected chi connectivity index (χ4v) is 3.65. The van der Waals surface area contributed by atoms with Crippen LogP contribution in [0.2, 0.25) is 0 Å². The highest BCUT2D eigenvalue weighted by atomic mass is 16.6. The number of nitrogens with zero attached hydrogens (tertiary/aromatic N) is 4. The Morgan fingerprint density at radius 1 is 1.00 bits per heavy atom. The van der Waals surface area contributed by atoms with E-state index in [4.69, 9.17) is 4.74 Å². The Bertz CT molecular complexity index is 1080. The third kappa shape index (κ3) is 4.51. The molecule has 32 heavy (non-hydrogen) atoms. The monoisotopic (exact) mass is 442 g/mol. The SMILES string of the molecule is CCOC(=O)c1ccc(N2CCN(C(=O)c3cccc([N+](=O)[O-])c3C)CC2)c([N+](=O)[O-])c1. The summed E-state index contributed by atoms with van der Waals surface area (Å²) >= 11 is 0. The van der Waals surface area contributed by atoms with Gasteiger partial charge in [-0.1, -0.05) is 6.07 Å². The lowest BCUT2D eigenvalue weighted by Gasteiger charge is -2.36. The second-order valence-corrected chi connectivity index (χ2v) is 7.17. The molecule has 2 aromatic rings. The molecule has 0 unspecified atom stereocenters. The molecule has 0 aromatic heterocycles. The Morgan fingerprint density at radius 2 is 1.66 bits per heavy atom. The second kappa shape index (κ2) is 9.41. The van der Waals surface area contributed by atoms with Crippen molar-refractivity contribution in [3.8, 4) is 0 Å². The number of carbonyl (C=O) groups excluding carboxylic acids is 2. The minimum absolute atomic E-state index is 0.0947. The van der Waals surface area contributed by atoms with Crippen LogP contribution in [0.25, 0.3) is 0 Å². The fraction of sp³-hybridized carbons (Fsp3) is 0.333. The molecule has 0 saturated carbocycles. The van der Waals surface area contributed by atoms with Gasteiger partial charge in [-0.05, 0) is 32.0 Å². The molecule has 0 spiro atoms. The van der Waals surface area contributed by atoms with Gasteiger partial charge in [-0.25, -0.2) is 4.79 Å². The molecule has 11 nitrogen and oxygen atoms in total. The van der Waals surface area contributed by atoms with Crippen LogP contribution in [0.4, 0.5) is 17.1 Å². The number of nitro groups is 2. The van der Waals surface area contributed by atoms with Gasteiger partial charge in [-0.15, -0.1) is 0 Å². The molecule has 0 N–H and O–H groups in total. The number of ether oxygens (including phenoxy) is 1. The number of amides is 1. The number of esters is 1. The van der Waals surface area contributed by atoms with E-state index in [1.54, 1.807) is 22.8 Å². The van der Waals surface area contributed by atoms with Crippen molar-refractivity contribution in [2.24, 2.45) is 0 Å². The van der Waals surface area contributed by atoms with Crippen LogP contribution in [-0.4, -0.2) is 59.4 Å². The quantitative estimate of drug-likeness (QED) is 0.378. The van der Waals surface area contributed by atoms with Crippen LogP contribution >= 0.6 is 0 Å². The van der Waals surface area contributed by atoms with E-state index < -0.39 is 15.8 Å². The van der Waals surface area contributed by atoms with E-state index in [2.05, 4.69) is 0 Å². The summed E-state index contributed by atoms with van der Waals surface area (Å²) in [7, 11) is 0. The van der Waals surface area contributed by atoms with Gasteiger partial charge in [0, 0.05) is 49.4 Å². The summed E-state index contributed by atoms with van der Waals surface area (Å²) in [4.78, 5) is 49.8. The Balaban J connectivity index is 1.77. The lowest BCUT2D eigenvalue weighted by molar-refractivity contribution is -0.385. The zero-order valence-electron chi connectivity index (χ0n) is 17.6. The summed E-state index contributed by atoms with van der Waals surface area (Å²) in [5.41, 5.74) is 0.670. The third-order valence-electron chi connectivity index (χ3n) is 5.32. The summed E-state index contributed by atoms with van der Waals surface area (Å²) in [6.45, 7) is 4.59. The van der Waals surface area contributed by atoms with Gasteiger partial charge in [0.25, 0.3) is 17.3 Å². The van der Waals surface area contributed by atoms with E-state index in [0.717, 1.165) is 0 Å². The van der Waals surface area contributed by atoms with Crippen molar-refractivity contribution in [2.75, 3.05) is 37.7 Å². The number of hydrogen-bond acceptors (Lipinski definition) is 8. The molecule has 11 heteroatoms. The van der Waals surface area contributed by atoms with E-state index in [-0.39, 0.29) is 48.1 Å². The number of rotatable bonds is 6. The summed E-state index contributed by atoms with van der Waals surface area (Å²) in [6, 6.07) is 8.55. The molecule has 1 heterocycles. The maximum atomic E-state index is 12.9. The van der Waals surface area contributed by atoms with Crippen molar-refractivity contribution >= 4 is 28.9 Å². The maximum Gasteiger partial charge on any atom is 0.338 e. The Labute approximate surface area is 183 Å². The second-order valence-electron chi connectivity index (χ2n) is 7.17. The van der Waals surface area contributed by atoms with Crippen LogP contribution in [-0.2, 0) is 4.74 Å². The Kier molecular flexibility index (Phi) is 6.67. The number of hydrogen-bond donors (Lipinski definition) is 0. The van der Waals surface area contributed by atoms with Gasteiger partial charge >= 0.3 is 5.97 Å². The van der Waals surface area contributed by atoms with Crippen molar-refractivity contribution < 1.29 is 24.2 Å². The van der Waals surface area contributed by atoms with E-state index >= 15 is 0 Å². The van der Waals surface area contributed by atoms with Crippen LogP contribution < -0.4 is 4.90 Å². The van der Waals surface area contributed by atoms with Crippen molar-refractivity contribution in [2.45, 2.75) is 13.8 Å². The molecule has 3 rings (SSSR count). The first kappa shape index (κ1) is 22.7. The van der Waals surface area contributed by atoms with Crippen molar-refractivity contribution in [1.29, 1.82) is 0 Å². The van der Waals surface area contributed by atoms with E-state index in [1.165, 1.54) is 37.3 Å². The van der Waals surface area contributed by atoms with Crippen molar-refractivity contribution in [3.63, 3.8) is 0 Å². The van der Waals surface area contributed by atoms with Crippen molar-refractivity contribution in [1.82, 2.24) is 4.90 Å². The van der Waals surface area contributed by atoms with Crippen LogP contribution in [0.5, 0.6) is 0 Å². The highest BCUT2D eigenvalue weighted by molar-refractivity contribution is 5.97. The molecule has 1 fully saturated rings. The van der Waals surface area contributed by atoms with Gasteiger partial charge in [-0.2, -0.15) is 0 Å². The molecule has 1 amide bonds. The highest BCUT2D eigenvalue weighted by Crippen LogP contribution is 2.31. The molecule has 168 valence electrons. The molecule has 2 aromatic carbocycles. The molecule has 1 aliphatic heterocycles. The molecular formula is C21H22N4O7. The van der Waals surface area contributed by atoms with Gasteiger partial charge in [0.2, 0.25) is 0 Å². The standard InChI is InChI=1S/C21H22N4O7/c1-3-32-21(27)15-7-8-18(19(13-15)25(30)31)22-9-11-23(12-10-22)20(26)16-5-4-6-17(14(16)2)24(28)29/h4-8,13H,3,9-12H2,1-2H3. The number of anilines is 1. The molecule has 0 atom stereocenters. The van der Waals surface area contributed by atoms with E-state index in [1.807, 2.05) is 0 Å². The van der Waals surface area contributed by atoms with E-state index in [0.29, 0.717) is 24.3 Å². The summed E-state index contributed by atoms with van der Waals surface area (Å²) in [5, 5.41) is 22.7. The number of nitro benzene ring substituents is 2. The zero-order chi connectivity index (χ0) is 23.4. The minimum Gasteiger partial charge on any atom is -0.462 e. The van der Waals surface area contributed by atoms with E-state index in [9.17, 15) is 29.8 Å². The predicted molar refractivity (Wildman–Crippen MR) is 115 cm³/mol. The summed E-state index contributed by atoms with van der Waals surface area (Å²) in [5.74, 6) is -0.956. The summed E-state index contributed by atoms with van der Waals surface area (Å²) < 4.78 is 4.90. The first-order chi connectivity index (χ1) is 15.2. The highest BCUT2D eigenvalue weighted by Gasteiger charge is 2.29. The lowest BCUT2D eigenvalue weighted by atomic mass is 10.0. The van der Waals surface area contributed by atoms with Gasteiger partial charge in [-0.3, -0.25) is 25.0 Å². The smallest absolute Gasteiger partial charge is 0.338 e. The molecule has 1 aliphatic rings. The van der Waals surface area contributed by atoms with Gasteiger partial charge in [0.1, 0.15) is 5.69 Å². The van der Waals surface area contributed by atoms with Gasteiger partial charge < -0.3 is 14.5 Å². The van der Waals surface area contributed by atoms with Gasteiger partial charge in [0.05, 0.1) is 22.0 Å². The number of piperazine rings is 1. The average Bonchev–Trinajstić information content (AvgIpc) is 2.78. The zero-order valence-corrected chi connectivity index (χ0v) is 17.6. The number of carbonyl (C=O) groups is 2. The normalized spacial score (nSPS) is 13.6. The Morgan fingerprint density at radius 3 is 2.25 bits per heavy atom. The summed E-state index contributed by atoms with van der Waals surface area (Å²) in [6.07, 6.45) is 0. The Hall–Kier alpha value is -4.02. The molecule has 0 aliphatic carbocycles. The molecule has 0 radical (unpaired) electrons. The van der Waals surface area contributed by atoms with Crippen LogP contribution in [0, 0.1) is 27.2 Å². The van der Waals surface area contributed by atoms with Crippen LogP contribution in [0.3, 0.4) is 0 Å². The maximum absolute atomic E-state index is 12.9. The number of benzene rings is 2. The van der Waals surface area contributed by atoms with Crippen molar-refractivity contribution in [3.05, 3.63) is 73.3 Å². The molecule has 1 saturated heterocycles. The first-order valence-electron chi connectivity index (χ1n) is 9.98. The average molecular weight is 442 g/mol. The van der Waals surface area contributed by atoms with Gasteiger partial charge in [0.15, 0.2) is 0 Å². The lowest BCUT2D eigenvalue weighted by Crippen LogP contribution is -2.49. The predicted octanol–water partition coefficient (Wildman–Crippen LogP) is 2.95. The van der Waals surface area contributed by atoms with Crippen LogP contribution in [0.15, 0.2) is 36.4 Å². The minimum atomic E-state index is -0.634. The molecular weight excluding hydrogens is 420 g/mol.